The molecule has 0 fully saturated rings. The molecule has 0 aromatic rings. The molecule has 0 bridgehead atoms. The van der Waals surface area contributed by atoms with Crippen molar-refractivity contribution in [1.82, 2.24) is 0 Å². The van der Waals surface area contributed by atoms with Gasteiger partial charge in [-0.2, -0.15) is 0 Å². The summed E-state index contributed by atoms with van der Waals surface area (Å²) in [7, 11) is 0. The third kappa shape index (κ3) is 3.60. The molecule has 4 nitrogen and oxygen atoms in total. The van der Waals surface area contributed by atoms with Crippen molar-refractivity contribution in [3.63, 3.8) is 0 Å². The van der Waals surface area contributed by atoms with E-state index in [-0.39, 0.29) is 16.9 Å². The minimum absolute atomic E-state index is 0.0648. The van der Waals surface area contributed by atoms with Crippen molar-refractivity contribution in [1.29, 1.82) is 0 Å². The van der Waals surface area contributed by atoms with E-state index in [1.54, 1.807) is 6.92 Å². The zero-order valence-electron chi connectivity index (χ0n) is 8.87. The normalized spacial score (nSPS) is 15.0. The molecular weight excluding hydrogens is 184 g/mol. The summed E-state index contributed by atoms with van der Waals surface area (Å²) in [5, 5.41) is 17.3. The highest BCUT2D eigenvalue weighted by atomic mass is 16.4. The van der Waals surface area contributed by atoms with Crippen LogP contribution in [0.1, 0.15) is 27.7 Å². The summed E-state index contributed by atoms with van der Waals surface area (Å²) in [5.74, 6) is -2.70. The smallest absolute Gasteiger partial charge is 0.332 e. The number of rotatable bonds is 3. The summed E-state index contributed by atoms with van der Waals surface area (Å²) in [6.07, 6.45) is 0.762. The Kier molecular flexibility index (Phi) is 3.86. The van der Waals surface area contributed by atoms with E-state index in [0.717, 1.165) is 6.08 Å². The quantitative estimate of drug-likeness (QED) is 0.681. The van der Waals surface area contributed by atoms with E-state index in [1.165, 1.54) is 0 Å². The second-order valence-corrected chi connectivity index (χ2v) is 4.33. The van der Waals surface area contributed by atoms with Gasteiger partial charge in [0.2, 0.25) is 0 Å². The molecule has 0 saturated heterocycles. The minimum atomic E-state index is -1.22. The number of hydrogen-bond acceptors (Lipinski definition) is 2. The van der Waals surface area contributed by atoms with Gasteiger partial charge in [-0.3, -0.25) is 0 Å². The van der Waals surface area contributed by atoms with Crippen molar-refractivity contribution < 1.29 is 19.8 Å². The van der Waals surface area contributed by atoms with Crippen LogP contribution in [0.4, 0.5) is 0 Å². The van der Waals surface area contributed by atoms with E-state index in [4.69, 9.17) is 10.2 Å². The highest BCUT2D eigenvalue weighted by molar-refractivity contribution is 5.95. The topological polar surface area (TPSA) is 74.6 Å². The highest BCUT2D eigenvalue weighted by Crippen LogP contribution is 2.31. The van der Waals surface area contributed by atoms with Crippen molar-refractivity contribution in [2.45, 2.75) is 27.7 Å². The van der Waals surface area contributed by atoms with E-state index in [0.29, 0.717) is 0 Å². The van der Waals surface area contributed by atoms with Crippen LogP contribution in [0, 0.1) is 11.3 Å². The summed E-state index contributed by atoms with van der Waals surface area (Å²) in [6, 6.07) is 0. The molecule has 0 aliphatic heterocycles. The molecule has 0 amide bonds. The van der Waals surface area contributed by atoms with E-state index in [9.17, 15) is 9.59 Å². The fourth-order valence-corrected chi connectivity index (χ4v) is 0.971. The highest BCUT2D eigenvalue weighted by Gasteiger charge is 2.28. The van der Waals surface area contributed by atoms with Crippen LogP contribution >= 0.6 is 0 Å². The number of carboxylic acid groups (broad SMARTS) is 2. The Balaban J connectivity index is 5.05. The van der Waals surface area contributed by atoms with Gasteiger partial charge in [0.25, 0.3) is 0 Å². The van der Waals surface area contributed by atoms with Gasteiger partial charge in [-0.15, -0.1) is 0 Å². The molecule has 0 saturated carbocycles. The van der Waals surface area contributed by atoms with E-state index in [2.05, 4.69) is 0 Å². The lowest BCUT2D eigenvalue weighted by molar-refractivity contribution is -0.135. The van der Waals surface area contributed by atoms with Crippen molar-refractivity contribution in [3.8, 4) is 0 Å². The van der Waals surface area contributed by atoms with Gasteiger partial charge >= 0.3 is 11.9 Å². The second kappa shape index (κ2) is 4.26. The SMILES string of the molecule is CC(/C(=C\C(=O)O)C(=O)O)C(C)(C)C. The van der Waals surface area contributed by atoms with Gasteiger partial charge < -0.3 is 10.2 Å². The summed E-state index contributed by atoms with van der Waals surface area (Å²) in [5.41, 5.74) is -0.329. The van der Waals surface area contributed by atoms with Gasteiger partial charge in [0.1, 0.15) is 0 Å². The van der Waals surface area contributed by atoms with Crippen molar-refractivity contribution in [2.24, 2.45) is 11.3 Å². The largest absolute Gasteiger partial charge is 0.478 e. The van der Waals surface area contributed by atoms with Crippen LogP contribution in [-0.4, -0.2) is 22.2 Å². The summed E-state index contributed by atoms with van der Waals surface area (Å²) < 4.78 is 0. The fraction of sp³-hybridized carbons (Fsp3) is 0.600. The number of hydrogen-bond donors (Lipinski definition) is 2. The second-order valence-electron chi connectivity index (χ2n) is 4.33. The van der Waals surface area contributed by atoms with E-state index >= 15 is 0 Å². The molecule has 80 valence electrons. The van der Waals surface area contributed by atoms with Crippen molar-refractivity contribution in [2.75, 3.05) is 0 Å². The molecule has 4 heteroatoms. The molecule has 0 aromatic heterocycles. The monoisotopic (exact) mass is 200 g/mol. The molecule has 0 rings (SSSR count). The Labute approximate surface area is 83.2 Å². The maximum Gasteiger partial charge on any atom is 0.332 e. The standard InChI is InChI=1S/C10H16O4/c1-6(10(2,3)4)7(9(13)14)5-8(11)12/h5-6H,1-4H3,(H,11,12)(H,13,14)/b7-5+. The first-order valence-corrected chi connectivity index (χ1v) is 4.34. The van der Waals surface area contributed by atoms with Crippen molar-refractivity contribution >= 4 is 11.9 Å². The molecule has 0 spiro atoms. The van der Waals surface area contributed by atoms with Crippen LogP contribution in [0.3, 0.4) is 0 Å². The summed E-state index contributed by atoms with van der Waals surface area (Å²) in [4.78, 5) is 21.2. The maximum absolute atomic E-state index is 10.8. The first-order valence-electron chi connectivity index (χ1n) is 4.34. The molecule has 1 unspecified atom stereocenters. The van der Waals surface area contributed by atoms with Gasteiger partial charge in [-0.1, -0.05) is 27.7 Å². The van der Waals surface area contributed by atoms with Gasteiger partial charge in [0, 0.05) is 11.6 Å². The first kappa shape index (κ1) is 12.7. The van der Waals surface area contributed by atoms with Crippen LogP contribution in [0.5, 0.6) is 0 Å². The van der Waals surface area contributed by atoms with Gasteiger partial charge in [0.05, 0.1) is 0 Å². The third-order valence-corrected chi connectivity index (χ3v) is 2.29. The van der Waals surface area contributed by atoms with Gasteiger partial charge in [-0.25, -0.2) is 9.59 Å². The Morgan fingerprint density at radius 2 is 1.64 bits per heavy atom. The number of carboxylic acids is 2. The lowest BCUT2D eigenvalue weighted by Crippen LogP contribution is -2.24. The molecular formula is C10H16O4. The molecule has 0 aromatic carbocycles. The third-order valence-electron chi connectivity index (χ3n) is 2.29. The molecule has 0 aliphatic rings. The van der Waals surface area contributed by atoms with Gasteiger partial charge in [-0.05, 0) is 11.3 Å². The average molecular weight is 200 g/mol. The molecule has 1 atom stereocenters. The molecule has 0 radical (unpaired) electrons. The van der Waals surface area contributed by atoms with E-state index in [1.807, 2.05) is 20.8 Å². The average Bonchev–Trinajstić information content (AvgIpc) is 1.96. The van der Waals surface area contributed by atoms with Crippen LogP contribution in [0.15, 0.2) is 11.6 Å². The zero-order chi connectivity index (χ0) is 11.5. The first-order chi connectivity index (χ1) is 6.16. The Morgan fingerprint density at radius 1 is 1.21 bits per heavy atom. The van der Waals surface area contributed by atoms with Crippen LogP contribution in [0.25, 0.3) is 0 Å². The summed E-state index contributed by atoms with van der Waals surface area (Å²) in [6.45, 7) is 7.33. The molecule has 14 heavy (non-hydrogen) atoms. The molecule has 2 N–H and O–H groups in total. The summed E-state index contributed by atoms with van der Waals surface area (Å²) >= 11 is 0. The predicted octanol–water partition coefficient (Wildman–Crippen LogP) is 1.76. The fourth-order valence-electron chi connectivity index (χ4n) is 0.971. The lowest BCUT2D eigenvalue weighted by Gasteiger charge is -2.27. The number of aliphatic carboxylic acids is 2. The minimum Gasteiger partial charge on any atom is -0.478 e. The van der Waals surface area contributed by atoms with Gasteiger partial charge in [0.15, 0.2) is 0 Å². The maximum atomic E-state index is 10.8. The van der Waals surface area contributed by atoms with Crippen LogP contribution < -0.4 is 0 Å². The Morgan fingerprint density at radius 3 is 1.86 bits per heavy atom. The lowest BCUT2D eigenvalue weighted by atomic mass is 9.77. The molecule has 0 aliphatic carbocycles. The van der Waals surface area contributed by atoms with Crippen molar-refractivity contribution in [3.05, 3.63) is 11.6 Å². The Hall–Kier alpha value is -1.32. The Bertz CT molecular complexity index is 270. The van der Waals surface area contributed by atoms with Crippen LogP contribution in [-0.2, 0) is 9.59 Å². The molecule has 0 heterocycles. The van der Waals surface area contributed by atoms with Crippen LogP contribution in [0.2, 0.25) is 0 Å². The zero-order valence-corrected chi connectivity index (χ0v) is 8.87. The number of carbonyl (C=O) groups is 2. The van der Waals surface area contributed by atoms with E-state index < -0.39 is 11.9 Å². The predicted molar refractivity (Wildman–Crippen MR) is 52.0 cm³/mol.